The van der Waals surface area contributed by atoms with Gasteiger partial charge in [0.2, 0.25) is 0 Å². The van der Waals surface area contributed by atoms with Crippen LogP contribution in [-0.4, -0.2) is 15.4 Å². The lowest BCUT2D eigenvalue weighted by atomic mass is 9.84. The van der Waals surface area contributed by atoms with E-state index in [0.29, 0.717) is 0 Å². The third-order valence-corrected chi connectivity index (χ3v) is 10.8. The predicted molar refractivity (Wildman–Crippen MR) is 192 cm³/mol. The maximum Gasteiger partial charge on any atom is 0.105 e. The fourth-order valence-electron chi connectivity index (χ4n) is 7.40. The van der Waals surface area contributed by atoms with E-state index in [1.807, 2.05) is 17.5 Å². The number of rotatable bonds is 4. The van der Waals surface area contributed by atoms with Crippen molar-refractivity contribution in [3.05, 3.63) is 150 Å². The molecule has 0 N–H and O–H groups in total. The van der Waals surface area contributed by atoms with Gasteiger partial charge in [-0.25, -0.2) is 0 Å². The summed E-state index contributed by atoms with van der Waals surface area (Å²) in [5.41, 5.74) is 16.8. The number of thiophene rings is 1. The SMILES string of the molecule is Cc1cc2c(c(-c3cnnnc3-c3ccccc3-c3c(-c4ccccc4)ccc4sc5ccccc5c34)c1C)Cc1ccccc1-2. The van der Waals surface area contributed by atoms with E-state index < -0.39 is 0 Å². The smallest absolute Gasteiger partial charge is 0.105 e. The Morgan fingerprint density at radius 1 is 0.587 bits per heavy atom. The highest BCUT2D eigenvalue weighted by Gasteiger charge is 2.27. The van der Waals surface area contributed by atoms with E-state index in [1.54, 1.807) is 0 Å². The zero-order chi connectivity index (χ0) is 30.8. The summed E-state index contributed by atoms with van der Waals surface area (Å²) in [6, 6.07) is 43.9. The molecule has 0 aliphatic heterocycles. The van der Waals surface area contributed by atoms with Gasteiger partial charge >= 0.3 is 0 Å². The van der Waals surface area contributed by atoms with E-state index in [9.17, 15) is 0 Å². The number of benzene rings is 6. The minimum absolute atomic E-state index is 0.855. The Bertz CT molecular complexity index is 2470. The molecule has 0 atom stereocenters. The first kappa shape index (κ1) is 26.9. The largest absolute Gasteiger partial charge is 0.138 e. The van der Waals surface area contributed by atoms with Gasteiger partial charge in [0.1, 0.15) is 5.69 Å². The molecule has 8 aromatic rings. The minimum Gasteiger partial charge on any atom is -0.138 e. The van der Waals surface area contributed by atoms with Crippen molar-refractivity contribution in [2.75, 3.05) is 0 Å². The number of hydrogen-bond donors (Lipinski definition) is 0. The fourth-order valence-corrected chi connectivity index (χ4v) is 8.51. The van der Waals surface area contributed by atoms with Gasteiger partial charge in [0, 0.05) is 31.3 Å². The maximum atomic E-state index is 4.83. The Balaban J connectivity index is 1.35. The van der Waals surface area contributed by atoms with Crippen LogP contribution in [0.3, 0.4) is 0 Å². The fraction of sp³-hybridized carbons (Fsp3) is 0.0714. The van der Waals surface area contributed by atoms with Gasteiger partial charge in [0.05, 0.1) is 6.20 Å². The zero-order valence-corrected chi connectivity index (χ0v) is 26.4. The topological polar surface area (TPSA) is 38.7 Å². The van der Waals surface area contributed by atoms with Crippen molar-refractivity contribution in [1.82, 2.24) is 15.4 Å². The van der Waals surface area contributed by atoms with Crippen molar-refractivity contribution in [2.45, 2.75) is 20.3 Å². The third kappa shape index (κ3) is 4.07. The van der Waals surface area contributed by atoms with Crippen LogP contribution < -0.4 is 0 Å². The molecule has 46 heavy (non-hydrogen) atoms. The van der Waals surface area contributed by atoms with E-state index in [1.165, 1.54) is 75.8 Å². The average Bonchev–Trinajstić information content (AvgIpc) is 3.67. The first-order chi connectivity index (χ1) is 22.7. The van der Waals surface area contributed by atoms with E-state index in [-0.39, 0.29) is 0 Å². The summed E-state index contributed by atoms with van der Waals surface area (Å²) in [5.74, 6) is 0. The Kier molecular flexibility index (Phi) is 6.19. The first-order valence-electron chi connectivity index (χ1n) is 15.7. The van der Waals surface area contributed by atoms with Crippen LogP contribution in [0.2, 0.25) is 0 Å². The Hall–Kier alpha value is -5.45. The molecule has 0 saturated heterocycles. The number of aryl methyl sites for hydroxylation is 1. The van der Waals surface area contributed by atoms with Crippen LogP contribution >= 0.6 is 11.3 Å². The van der Waals surface area contributed by atoms with Crippen LogP contribution in [0.15, 0.2) is 128 Å². The van der Waals surface area contributed by atoms with Gasteiger partial charge in [0.15, 0.2) is 0 Å². The van der Waals surface area contributed by atoms with Gasteiger partial charge in [-0.2, -0.15) is 0 Å². The number of nitrogens with zero attached hydrogens (tertiary/aromatic N) is 3. The molecule has 0 radical (unpaired) electrons. The minimum atomic E-state index is 0.855. The van der Waals surface area contributed by atoms with E-state index in [2.05, 4.69) is 145 Å². The number of hydrogen-bond acceptors (Lipinski definition) is 4. The molecule has 1 aliphatic carbocycles. The van der Waals surface area contributed by atoms with Crippen LogP contribution in [0.1, 0.15) is 22.3 Å². The Morgan fingerprint density at radius 2 is 1.33 bits per heavy atom. The maximum absolute atomic E-state index is 4.83. The summed E-state index contributed by atoms with van der Waals surface area (Å²) in [6.07, 6.45) is 2.81. The molecular weight excluding hydrogens is 579 g/mol. The van der Waals surface area contributed by atoms with Crippen LogP contribution in [0.4, 0.5) is 0 Å². The molecule has 2 aromatic heterocycles. The van der Waals surface area contributed by atoms with Gasteiger partial charge in [0.25, 0.3) is 0 Å². The Morgan fingerprint density at radius 3 is 2.20 bits per heavy atom. The lowest BCUT2D eigenvalue weighted by molar-refractivity contribution is 0.872. The van der Waals surface area contributed by atoms with Gasteiger partial charge in [-0.1, -0.05) is 109 Å². The molecule has 0 saturated carbocycles. The first-order valence-corrected chi connectivity index (χ1v) is 16.5. The molecule has 2 heterocycles. The highest BCUT2D eigenvalue weighted by Crippen LogP contribution is 2.50. The normalized spacial score (nSPS) is 12.0. The number of fused-ring (bicyclic) bond motifs is 6. The summed E-state index contributed by atoms with van der Waals surface area (Å²) >= 11 is 1.85. The quantitative estimate of drug-likeness (QED) is 0.200. The number of aromatic nitrogens is 3. The molecule has 0 fully saturated rings. The highest BCUT2D eigenvalue weighted by molar-refractivity contribution is 7.26. The van der Waals surface area contributed by atoms with Crippen molar-refractivity contribution in [2.24, 2.45) is 0 Å². The lowest BCUT2D eigenvalue weighted by Gasteiger charge is -2.20. The molecule has 1 aliphatic rings. The summed E-state index contributed by atoms with van der Waals surface area (Å²) in [7, 11) is 0. The molecule has 218 valence electrons. The van der Waals surface area contributed by atoms with Gasteiger partial charge in [-0.15, -0.1) is 21.5 Å². The highest BCUT2D eigenvalue weighted by atomic mass is 32.1. The third-order valence-electron chi connectivity index (χ3n) is 9.62. The van der Waals surface area contributed by atoms with Crippen LogP contribution in [0.5, 0.6) is 0 Å². The van der Waals surface area contributed by atoms with E-state index in [0.717, 1.165) is 28.8 Å². The predicted octanol–water partition coefficient (Wildman–Crippen LogP) is 11.1. The molecule has 4 heteroatoms. The zero-order valence-electron chi connectivity index (χ0n) is 25.6. The van der Waals surface area contributed by atoms with Crippen molar-refractivity contribution in [1.29, 1.82) is 0 Å². The monoisotopic (exact) mass is 607 g/mol. The molecule has 3 nitrogen and oxygen atoms in total. The molecular formula is C42H29N3S. The van der Waals surface area contributed by atoms with Gasteiger partial charge in [-0.3, -0.25) is 0 Å². The summed E-state index contributed by atoms with van der Waals surface area (Å²) in [4.78, 5) is 0. The lowest BCUT2D eigenvalue weighted by Crippen LogP contribution is -2.02. The average molecular weight is 608 g/mol. The van der Waals surface area contributed by atoms with E-state index in [4.69, 9.17) is 5.10 Å². The van der Waals surface area contributed by atoms with Crippen molar-refractivity contribution in [3.8, 4) is 55.8 Å². The van der Waals surface area contributed by atoms with Crippen LogP contribution in [0.25, 0.3) is 75.9 Å². The standard InChI is InChI=1S/C42H29N3S/c1-25-22-34-29-15-7-6-14-28(29)23-35(34)39(26(25)2)36-24-43-45-44-42(36)32-17-9-8-16-31(32)40-30(27-12-4-3-5-13-27)20-21-38-41(40)33-18-10-11-19-37(33)46-38/h3-22,24H,23H2,1-2H3. The molecule has 9 rings (SSSR count). The molecule has 0 amide bonds. The molecule has 0 unspecified atom stereocenters. The van der Waals surface area contributed by atoms with Crippen molar-refractivity contribution >= 4 is 31.5 Å². The van der Waals surface area contributed by atoms with Gasteiger partial charge in [-0.05, 0) is 98.8 Å². The van der Waals surface area contributed by atoms with Crippen LogP contribution in [-0.2, 0) is 6.42 Å². The second-order valence-corrected chi connectivity index (χ2v) is 13.2. The molecule has 0 spiro atoms. The Labute approximate surface area is 271 Å². The summed E-state index contributed by atoms with van der Waals surface area (Å²) < 4.78 is 2.56. The van der Waals surface area contributed by atoms with Crippen molar-refractivity contribution < 1.29 is 0 Å². The van der Waals surface area contributed by atoms with Crippen molar-refractivity contribution in [3.63, 3.8) is 0 Å². The molecule has 0 bridgehead atoms. The second kappa shape index (κ2) is 10.6. The summed E-state index contributed by atoms with van der Waals surface area (Å²) in [6.45, 7) is 4.44. The van der Waals surface area contributed by atoms with Crippen LogP contribution in [0, 0.1) is 13.8 Å². The summed E-state index contributed by atoms with van der Waals surface area (Å²) in [5, 5.41) is 16.0. The second-order valence-electron chi connectivity index (χ2n) is 12.1. The van der Waals surface area contributed by atoms with E-state index >= 15 is 0 Å². The molecule has 6 aromatic carbocycles. The van der Waals surface area contributed by atoms with Gasteiger partial charge < -0.3 is 0 Å².